The summed E-state index contributed by atoms with van der Waals surface area (Å²) in [6, 6.07) is 16.6. The van der Waals surface area contributed by atoms with Crippen molar-refractivity contribution in [3.63, 3.8) is 0 Å². The van der Waals surface area contributed by atoms with Crippen molar-refractivity contribution >= 4 is 17.3 Å². The maximum absolute atomic E-state index is 10.8. The highest BCUT2D eigenvalue weighted by atomic mass is 16.5. The molecule has 0 spiro atoms. The van der Waals surface area contributed by atoms with Crippen molar-refractivity contribution < 1.29 is 9.84 Å². The fourth-order valence-electron chi connectivity index (χ4n) is 4.46. The zero-order chi connectivity index (χ0) is 23.3. The van der Waals surface area contributed by atoms with Gasteiger partial charge in [-0.15, -0.1) is 0 Å². The van der Waals surface area contributed by atoms with Gasteiger partial charge in [-0.05, 0) is 61.3 Å². The van der Waals surface area contributed by atoms with E-state index in [1.54, 1.807) is 6.20 Å². The number of hydrogen-bond donors (Lipinski definition) is 4. The summed E-state index contributed by atoms with van der Waals surface area (Å²) in [5, 5.41) is 20.9. The Labute approximate surface area is 200 Å². The molecule has 1 unspecified atom stereocenters. The van der Waals surface area contributed by atoms with Crippen LogP contribution in [0.5, 0.6) is 0 Å². The zero-order valence-electron chi connectivity index (χ0n) is 19.5. The molecule has 0 aliphatic carbocycles. The first-order valence-electron chi connectivity index (χ1n) is 12.0. The Kier molecular flexibility index (Phi) is 7.01. The first-order chi connectivity index (χ1) is 16.7. The number of aliphatic hydroxyl groups is 1. The van der Waals surface area contributed by atoms with Crippen LogP contribution in [-0.2, 0) is 17.7 Å². The lowest BCUT2D eigenvalue weighted by atomic mass is 10.1. The molecule has 3 heterocycles. The van der Waals surface area contributed by atoms with Crippen molar-refractivity contribution in [1.82, 2.24) is 20.6 Å². The standard InChI is InChI=1S/C26H32N6O2/c1-18-25(33)29-17-21-16-22(5-6-24(21)32-11-13-34-14-12-32)30-26-28-10-8-23(31-26)20-4-2-3-19(15-20)7-9-27-18/h2-6,8,10,15-16,18,25,27,29,33H,7,9,11-14,17H2,1H3,(H,28,30,31)/t18-,25?/m0/s1. The van der Waals surface area contributed by atoms with Gasteiger partial charge in [-0.1, -0.05) is 18.2 Å². The van der Waals surface area contributed by atoms with E-state index in [1.807, 2.05) is 13.0 Å². The van der Waals surface area contributed by atoms with Crippen LogP contribution < -0.4 is 20.9 Å². The van der Waals surface area contributed by atoms with E-state index >= 15 is 0 Å². The number of morpholine rings is 1. The average Bonchev–Trinajstić information content (AvgIpc) is 2.88. The van der Waals surface area contributed by atoms with E-state index < -0.39 is 6.23 Å². The molecule has 0 radical (unpaired) electrons. The van der Waals surface area contributed by atoms with E-state index in [0.29, 0.717) is 12.5 Å². The van der Waals surface area contributed by atoms with Crippen molar-refractivity contribution in [3.05, 3.63) is 65.9 Å². The monoisotopic (exact) mass is 460 g/mol. The summed E-state index contributed by atoms with van der Waals surface area (Å²) in [6.45, 7) is 6.46. The Balaban J connectivity index is 1.50. The van der Waals surface area contributed by atoms with Crippen LogP contribution in [0, 0.1) is 0 Å². The van der Waals surface area contributed by atoms with Gasteiger partial charge in [0.2, 0.25) is 5.95 Å². The van der Waals surface area contributed by atoms with Crippen LogP contribution in [0.2, 0.25) is 0 Å². The molecule has 5 rings (SSSR count). The third-order valence-corrected chi connectivity index (χ3v) is 6.42. The van der Waals surface area contributed by atoms with Crippen LogP contribution in [-0.4, -0.2) is 60.2 Å². The molecule has 8 heteroatoms. The molecule has 2 aliphatic heterocycles. The minimum atomic E-state index is -0.672. The molecule has 1 saturated heterocycles. The van der Waals surface area contributed by atoms with Crippen LogP contribution >= 0.6 is 0 Å². The molecule has 1 aromatic heterocycles. The summed E-state index contributed by atoms with van der Waals surface area (Å²) in [5.74, 6) is 0.556. The number of nitrogens with zero attached hydrogens (tertiary/aromatic N) is 3. The second-order valence-electron chi connectivity index (χ2n) is 8.85. The van der Waals surface area contributed by atoms with Crippen LogP contribution in [0.25, 0.3) is 11.3 Å². The highest BCUT2D eigenvalue weighted by Crippen LogP contribution is 2.27. The van der Waals surface area contributed by atoms with Crippen LogP contribution in [0.1, 0.15) is 18.1 Å². The Bertz CT molecular complexity index is 1120. The third-order valence-electron chi connectivity index (χ3n) is 6.42. The lowest BCUT2D eigenvalue weighted by molar-refractivity contribution is 0.0986. The fourth-order valence-corrected chi connectivity index (χ4v) is 4.46. The smallest absolute Gasteiger partial charge is 0.227 e. The molecule has 2 atom stereocenters. The van der Waals surface area contributed by atoms with E-state index in [4.69, 9.17) is 9.72 Å². The summed E-state index contributed by atoms with van der Waals surface area (Å²) in [6.07, 6.45) is 1.98. The van der Waals surface area contributed by atoms with Crippen molar-refractivity contribution in [1.29, 1.82) is 0 Å². The normalized spacial score (nSPS) is 21.4. The van der Waals surface area contributed by atoms with E-state index in [2.05, 4.69) is 68.3 Å². The van der Waals surface area contributed by atoms with Crippen molar-refractivity contribution in [2.45, 2.75) is 32.2 Å². The summed E-state index contributed by atoms with van der Waals surface area (Å²) >= 11 is 0. The minimum absolute atomic E-state index is 0.0899. The Morgan fingerprint density at radius 3 is 2.82 bits per heavy atom. The number of benzene rings is 2. The van der Waals surface area contributed by atoms with Crippen molar-refractivity contribution in [2.75, 3.05) is 43.1 Å². The Morgan fingerprint density at radius 1 is 1.06 bits per heavy atom. The van der Waals surface area contributed by atoms with Crippen LogP contribution in [0.4, 0.5) is 17.3 Å². The van der Waals surface area contributed by atoms with Gasteiger partial charge >= 0.3 is 0 Å². The highest BCUT2D eigenvalue weighted by molar-refractivity contribution is 5.66. The van der Waals surface area contributed by atoms with Gasteiger partial charge < -0.3 is 25.4 Å². The number of anilines is 3. The second-order valence-corrected chi connectivity index (χ2v) is 8.85. The average molecular weight is 461 g/mol. The zero-order valence-corrected chi connectivity index (χ0v) is 19.5. The number of aromatic nitrogens is 2. The maximum Gasteiger partial charge on any atom is 0.227 e. The summed E-state index contributed by atoms with van der Waals surface area (Å²) in [5.41, 5.74) is 6.32. The number of nitrogens with one attached hydrogen (secondary N) is 3. The van der Waals surface area contributed by atoms with E-state index in [9.17, 15) is 5.11 Å². The summed E-state index contributed by atoms with van der Waals surface area (Å²) in [4.78, 5) is 11.5. The first-order valence-corrected chi connectivity index (χ1v) is 12.0. The lowest BCUT2D eigenvalue weighted by Crippen LogP contribution is -2.46. The quantitative estimate of drug-likeness (QED) is 0.440. The molecule has 3 aromatic rings. The van der Waals surface area contributed by atoms with E-state index in [0.717, 1.165) is 67.5 Å². The van der Waals surface area contributed by atoms with E-state index in [1.165, 1.54) is 5.56 Å². The SMILES string of the molecule is C[C@@H]1NCCc2cccc(c2)-c2ccnc(n2)Nc2ccc(N3CCOCC3)c(c2)CNC1O. The van der Waals surface area contributed by atoms with Gasteiger partial charge in [-0.3, -0.25) is 5.32 Å². The minimum Gasteiger partial charge on any atom is -0.378 e. The molecule has 34 heavy (non-hydrogen) atoms. The van der Waals surface area contributed by atoms with Crippen LogP contribution in [0.15, 0.2) is 54.7 Å². The Morgan fingerprint density at radius 2 is 1.94 bits per heavy atom. The van der Waals surface area contributed by atoms with Gasteiger partial charge in [-0.25, -0.2) is 9.97 Å². The topological polar surface area (TPSA) is 94.6 Å². The number of rotatable bonds is 1. The van der Waals surface area contributed by atoms with Gasteiger partial charge in [0.1, 0.15) is 6.23 Å². The first kappa shape index (κ1) is 22.7. The van der Waals surface area contributed by atoms with E-state index in [-0.39, 0.29) is 6.04 Å². The third kappa shape index (κ3) is 5.37. The fraction of sp³-hybridized carbons (Fsp3) is 0.385. The Hall–Kier alpha value is -3.04. The van der Waals surface area contributed by atoms with Gasteiger partial charge in [-0.2, -0.15) is 0 Å². The molecule has 178 valence electrons. The van der Waals surface area contributed by atoms with Gasteiger partial charge in [0.05, 0.1) is 18.9 Å². The molecule has 0 amide bonds. The number of aliphatic hydroxyl groups excluding tert-OH is 1. The van der Waals surface area contributed by atoms with Gasteiger partial charge in [0.15, 0.2) is 0 Å². The molecule has 0 saturated carbocycles. The highest BCUT2D eigenvalue weighted by Gasteiger charge is 2.18. The van der Waals surface area contributed by atoms with Crippen molar-refractivity contribution in [2.24, 2.45) is 0 Å². The number of ether oxygens (including phenoxy) is 1. The van der Waals surface area contributed by atoms with Crippen molar-refractivity contribution in [3.8, 4) is 11.3 Å². The van der Waals surface area contributed by atoms with Gasteiger partial charge in [0.25, 0.3) is 0 Å². The summed E-state index contributed by atoms with van der Waals surface area (Å²) < 4.78 is 5.54. The molecular weight excluding hydrogens is 428 g/mol. The molecular formula is C26H32N6O2. The molecule has 4 N–H and O–H groups in total. The predicted molar refractivity (Wildman–Crippen MR) is 134 cm³/mol. The maximum atomic E-state index is 10.8. The molecule has 2 aliphatic rings. The lowest BCUT2D eigenvalue weighted by Gasteiger charge is -2.31. The molecule has 6 bridgehead atoms. The predicted octanol–water partition coefficient (Wildman–Crippen LogP) is 2.67. The number of fused-ring (bicyclic) bond motifs is 7. The molecule has 1 fully saturated rings. The number of hydrogen-bond acceptors (Lipinski definition) is 8. The molecule has 8 nitrogen and oxygen atoms in total. The van der Waals surface area contributed by atoms with Gasteiger partial charge in [0, 0.05) is 48.8 Å². The van der Waals surface area contributed by atoms with Crippen LogP contribution in [0.3, 0.4) is 0 Å². The summed E-state index contributed by atoms with van der Waals surface area (Å²) in [7, 11) is 0. The molecule has 2 aromatic carbocycles. The largest absolute Gasteiger partial charge is 0.378 e. The second kappa shape index (κ2) is 10.5.